The minimum atomic E-state index is 0.466. The van der Waals surface area contributed by atoms with Gasteiger partial charge in [0.1, 0.15) is 11.5 Å². The first-order chi connectivity index (χ1) is 8.56. The number of hydrogen-bond donors (Lipinski definition) is 1. The topological polar surface area (TPSA) is 51.6 Å². The van der Waals surface area contributed by atoms with Gasteiger partial charge in [-0.2, -0.15) is 0 Å². The summed E-state index contributed by atoms with van der Waals surface area (Å²) in [6.45, 7) is 10.5. The minimum Gasteiger partial charge on any atom is -0.463 e. The molecule has 1 aromatic rings. The molecule has 0 saturated heterocycles. The molecule has 0 aliphatic carbocycles. The first-order valence-corrected chi connectivity index (χ1v) is 6.56. The fraction of sp³-hybridized carbons (Fsp3) is 0.714. The highest BCUT2D eigenvalue weighted by molar-refractivity contribution is 5.19. The van der Waals surface area contributed by atoms with Gasteiger partial charge < -0.3 is 14.9 Å². The van der Waals surface area contributed by atoms with Gasteiger partial charge in [-0.25, -0.2) is 0 Å². The quantitative estimate of drug-likeness (QED) is 0.772. The predicted octanol–water partition coefficient (Wildman–Crippen LogP) is 2.15. The third-order valence-corrected chi connectivity index (χ3v) is 2.87. The Morgan fingerprint density at radius 1 is 1.44 bits per heavy atom. The zero-order valence-electron chi connectivity index (χ0n) is 12.0. The minimum absolute atomic E-state index is 0.466. The Bertz CT molecular complexity index is 348. The third kappa shape index (κ3) is 4.80. The van der Waals surface area contributed by atoms with Crippen LogP contribution in [0.5, 0.6) is 0 Å². The Hall–Kier alpha value is -0.840. The summed E-state index contributed by atoms with van der Waals surface area (Å²) < 4.78 is 10.9. The van der Waals surface area contributed by atoms with Crippen LogP contribution in [-0.2, 0) is 17.8 Å². The van der Waals surface area contributed by atoms with Gasteiger partial charge in [0, 0.05) is 20.2 Å². The molecule has 0 unspecified atom stereocenters. The van der Waals surface area contributed by atoms with Crippen molar-refractivity contribution in [3.63, 3.8) is 0 Å². The average molecular weight is 254 g/mol. The van der Waals surface area contributed by atoms with Gasteiger partial charge in [-0.05, 0) is 24.5 Å². The summed E-state index contributed by atoms with van der Waals surface area (Å²) in [6, 6.07) is 2.09. The van der Waals surface area contributed by atoms with Crippen molar-refractivity contribution >= 4 is 0 Å². The van der Waals surface area contributed by atoms with Crippen LogP contribution in [0.2, 0.25) is 0 Å². The van der Waals surface area contributed by atoms with Crippen molar-refractivity contribution in [2.75, 3.05) is 26.8 Å². The number of methoxy groups -OCH3 is 1. The van der Waals surface area contributed by atoms with Crippen molar-refractivity contribution in [2.24, 2.45) is 11.7 Å². The van der Waals surface area contributed by atoms with E-state index in [1.54, 1.807) is 7.11 Å². The highest BCUT2D eigenvalue weighted by atomic mass is 16.5. The highest BCUT2D eigenvalue weighted by Crippen LogP contribution is 2.16. The molecule has 1 heterocycles. The van der Waals surface area contributed by atoms with E-state index in [4.69, 9.17) is 14.9 Å². The molecular weight excluding hydrogens is 228 g/mol. The van der Waals surface area contributed by atoms with Gasteiger partial charge in [-0.3, -0.25) is 4.90 Å². The maximum Gasteiger partial charge on any atom is 0.120 e. The number of aryl methyl sites for hydroxylation is 1. The van der Waals surface area contributed by atoms with Gasteiger partial charge >= 0.3 is 0 Å². The van der Waals surface area contributed by atoms with Crippen LogP contribution in [-0.4, -0.2) is 31.7 Å². The fourth-order valence-electron chi connectivity index (χ4n) is 2.06. The third-order valence-electron chi connectivity index (χ3n) is 2.87. The second kappa shape index (κ2) is 7.56. The number of rotatable bonds is 8. The summed E-state index contributed by atoms with van der Waals surface area (Å²) in [5.74, 6) is 2.51. The summed E-state index contributed by atoms with van der Waals surface area (Å²) in [7, 11) is 1.73. The van der Waals surface area contributed by atoms with Crippen molar-refractivity contribution < 1.29 is 9.15 Å². The first-order valence-electron chi connectivity index (χ1n) is 6.56. The summed E-state index contributed by atoms with van der Waals surface area (Å²) in [5, 5.41) is 0. The van der Waals surface area contributed by atoms with Crippen molar-refractivity contribution in [1.29, 1.82) is 0 Å². The van der Waals surface area contributed by atoms with E-state index in [2.05, 4.69) is 24.8 Å². The molecule has 1 rings (SSSR count). The standard InChI is InChI=1S/C14H26N2O2/c1-11(2)9-16(5-6-17-4)10-13-7-12(3)14(8-15)18-13/h7,11H,5-6,8-10,15H2,1-4H3. The van der Waals surface area contributed by atoms with E-state index in [0.717, 1.165) is 43.3 Å². The second-order valence-electron chi connectivity index (χ2n) is 5.14. The molecule has 0 amide bonds. The van der Waals surface area contributed by atoms with Crippen molar-refractivity contribution in [1.82, 2.24) is 4.90 Å². The lowest BCUT2D eigenvalue weighted by Gasteiger charge is -2.22. The molecule has 0 radical (unpaired) electrons. The molecular formula is C14H26N2O2. The SMILES string of the molecule is COCCN(Cc1cc(C)c(CN)o1)CC(C)C. The Morgan fingerprint density at radius 2 is 2.17 bits per heavy atom. The van der Waals surface area contributed by atoms with Crippen LogP contribution in [0.4, 0.5) is 0 Å². The Kier molecular flexibility index (Phi) is 6.39. The zero-order chi connectivity index (χ0) is 13.5. The van der Waals surface area contributed by atoms with Crippen LogP contribution in [0.25, 0.3) is 0 Å². The number of furan rings is 1. The molecule has 1 aromatic heterocycles. The first kappa shape index (κ1) is 15.2. The van der Waals surface area contributed by atoms with Crippen molar-refractivity contribution in [3.8, 4) is 0 Å². The largest absolute Gasteiger partial charge is 0.463 e. The van der Waals surface area contributed by atoms with Crippen LogP contribution in [0.1, 0.15) is 30.9 Å². The summed E-state index contributed by atoms with van der Waals surface area (Å²) >= 11 is 0. The Morgan fingerprint density at radius 3 is 2.67 bits per heavy atom. The molecule has 4 nitrogen and oxygen atoms in total. The van der Waals surface area contributed by atoms with Gasteiger partial charge in [0.05, 0.1) is 19.7 Å². The van der Waals surface area contributed by atoms with Crippen LogP contribution in [0.3, 0.4) is 0 Å². The van der Waals surface area contributed by atoms with E-state index in [1.165, 1.54) is 0 Å². The highest BCUT2D eigenvalue weighted by Gasteiger charge is 2.12. The van der Waals surface area contributed by atoms with E-state index in [-0.39, 0.29) is 0 Å². The van der Waals surface area contributed by atoms with Gasteiger partial charge in [0.2, 0.25) is 0 Å². The van der Waals surface area contributed by atoms with E-state index < -0.39 is 0 Å². The van der Waals surface area contributed by atoms with Crippen LogP contribution >= 0.6 is 0 Å². The smallest absolute Gasteiger partial charge is 0.120 e. The van der Waals surface area contributed by atoms with E-state index in [9.17, 15) is 0 Å². The number of nitrogens with zero attached hydrogens (tertiary/aromatic N) is 1. The summed E-state index contributed by atoms with van der Waals surface area (Å²) in [6.07, 6.45) is 0. The Labute approximate surface area is 110 Å². The molecule has 2 N–H and O–H groups in total. The molecule has 0 saturated carbocycles. The van der Waals surface area contributed by atoms with Crippen LogP contribution < -0.4 is 5.73 Å². The van der Waals surface area contributed by atoms with Gasteiger partial charge in [0.15, 0.2) is 0 Å². The summed E-state index contributed by atoms with van der Waals surface area (Å²) in [4.78, 5) is 2.35. The number of ether oxygens (including phenoxy) is 1. The molecule has 0 aliphatic heterocycles. The molecule has 0 atom stereocenters. The predicted molar refractivity (Wildman–Crippen MR) is 73.3 cm³/mol. The molecule has 18 heavy (non-hydrogen) atoms. The second-order valence-corrected chi connectivity index (χ2v) is 5.14. The normalized spacial score (nSPS) is 11.7. The van der Waals surface area contributed by atoms with Gasteiger partial charge in [-0.1, -0.05) is 13.8 Å². The van der Waals surface area contributed by atoms with E-state index >= 15 is 0 Å². The van der Waals surface area contributed by atoms with Crippen LogP contribution in [0.15, 0.2) is 10.5 Å². The Balaban J connectivity index is 2.62. The van der Waals surface area contributed by atoms with Crippen LogP contribution in [0, 0.1) is 12.8 Å². The molecule has 0 fully saturated rings. The van der Waals surface area contributed by atoms with Gasteiger partial charge in [-0.15, -0.1) is 0 Å². The monoisotopic (exact) mass is 254 g/mol. The zero-order valence-corrected chi connectivity index (χ0v) is 12.0. The fourth-order valence-corrected chi connectivity index (χ4v) is 2.06. The number of nitrogens with two attached hydrogens (primary N) is 1. The lowest BCUT2D eigenvalue weighted by molar-refractivity contribution is 0.130. The van der Waals surface area contributed by atoms with E-state index in [1.807, 2.05) is 6.92 Å². The summed E-state index contributed by atoms with van der Waals surface area (Å²) in [5.41, 5.74) is 6.77. The molecule has 0 bridgehead atoms. The number of hydrogen-bond acceptors (Lipinski definition) is 4. The molecule has 104 valence electrons. The van der Waals surface area contributed by atoms with Crippen molar-refractivity contribution in [3.05, 3.63) is 23.2 Å². The lowest BCUT2D eigenvalue weighted by atomic mass is 10.2. The molecule has 4 heteroatoms. The lowest BCUT2D eigenvalue weighted by Crippen LogP contribution is -2.30. The molecule has 0 aromatic carbocycles. The van der Waals surface area contributed by atoms with E-state index in [0.29, 0.717) is 12.5 Å². The molecule has 0 spiro atoms. The van der Waals surface area contributed by atoms with Gasteiger partial charge in [0.25, 0.3) is 0 Å². The molecule has 0 aliphatic rings. The maximum atomic E-state index is 5.75. The van der Waals surface area contributed by atoms with Crippen molar-refractivity contribution in [2.45, 2.75) is 33.9 Å². The average Bonchev–Trinajstić information content (AvgIpc) is 2.65. The maximum absolute atomic E-state index is 5.75.